The first-order chi connectivity index (χ1) is 15.2. The fourth-order valence-corrected chi connectivity index (χ4v) is 5.30. The first kappa shape index (κ1) is 20.0. The maximum atomic E-state index is 13.6. The Labute approximate surface area is 184 Å². The summed E-state index contributed by atoms with van der Waals surface area (Å²) in [6.45, 7) is 3.41. The van der Waals surface area contributed by atoms with Gasteiger partial charge in [-0.3, -0.25) is 14.7 Å². The Hall–Kier alpha value is -2.98. The molecule has 1 unspecified atom stereocenters. The van der Waals surface area contributed by atoms with Crippen LogP contribution >= 0.6 is 0 Å². The lowest BCUT2D eigenvalue weighted by Crippen LogP contribution is -2.58. The SMILES string of the molecule is O=C(c1ccccc1)N1Cc2ccccc2CC2(CCCCN2Cc2ccncc2)C1. The van der Waals surface area contributed by atoms with Crippen molar-refractivity contribution in [2.24, 2.45) is 0 Å². The molecule has 3 heterocycles. The molecule has 1 spiro atoms. The van der Waals surface area contributed by atoms with Crippen molar-refractivity contribution in [3.05, 3.63) is 101 Å². The molecule has 2 aliphatic heterocycles. The number of fused-ring (bicyclic) bond motifs is 1. The van der Waals surface area contributed by atoms with E-state index >= 15 is 0 Å². The number of nitrogens with zero attached hydrogens (tertiary/aromatic N) is 3. The van der Waals surface area contributed by atoms with Crippen molar-refractivity contribution in [1.29, 1.82) is 0 Å². The number of benzene rings is 2. The summed E-state index contributed by atoms with van der Waals surface area (Å²) < 4.78 is 0. The van der Waals surface area contributed by atoms with Crippen LogP contribution in [0.1, 0.15) is 46.3 Å². The lowest BCUT2D eigenvalue weighted by molar-refractivity contribution is 0.0104. The lowest BCUT2D eigenvalue weighted by atomic mass is 9.80. The molecule has 0 radical (unpaired) electrons. The number of rotatable bonds is 3. The summed E-state index contributed by atoms with van der Waals surface area (Å²) in [6.07, 6.45) is 8.28. The minimum atomic E-state index is -0.0431. The van der Waals surface area contributed by atoms with Crippen molar-refractivity contribution in [3.8, 4) is 0 Å². The number of aromatic nitrogens is 1. The number of amides is 1. The highest BCUT2D eigenvalue weighted by Gasteiger charge is 2.43. The molecule has 4 heteroatoms. The maximum absolute atomic E-state index is 13.6. The molecule has 158 valence electrons. The van der Waals surface area contributed by atoms with Crippen molar-refractivity contribution < 1.29 is 4.79 Å². The van der Waals surface area contributed by atoms with Crippen molar-refractivity contribution in [3.63, 3.8) is 0 Å². The third-order valence-corrected chi connectivity index (χ3v) is 6.91. The number of carbonyl (C=O) groups is 1. The molecule has 1 atom stereocenters. The van der Waals surface area contributed by atoms with E-state index in [9.17, 15) is 4.79 Å². The van der Waals surface area contributed by atoms with Gasteiger partial charge in [0, 0.05) is 43.1 Å². The number of likely N-dealkylation sites (tertiary alicyclic amines) is 1. The predicted octanol–water partition coefficient (Wildman–Crippen LogP) is 4.71. The van der Waals surface area contributed by atoms with Gasteiger partial charge in [0.05, 0.1) is 0 Å². The summed E-state index contributed by atoms with van der Waals surface area (Å²) in [7, 11) is 0. The zero-order chi connectivity index (χ0) is 21.1. The maximum Gasteiger partial charge on any atom is 0.254 e. The van der Waals surface area contributed by atoms with Crippen LogP contribution in [-0.2, 0) is 19.5 Å². The van der Waals surface area contributed by atoms with Gasteiger partial charge in [0.25, 0.3) is 5.91 Å². The molecule has 0 N–H and O–H groups in total. The summed E-state index contributed by atoms with van der Waals surface area (Å²) in [5, 5.41) is 0. The highest BCUT2D eigenvalue weighted by Crippen LogP contribution is 2.37. The van der Waals surface area contributed by atoms with Crippen molar-refractivity contribution in [2.75, 3.05) is 13.1 Å². The van der Waals surface area contributed by atoms with Crippen LogP contribution < -0.4 is 0 Å². The Balaban J connectivity index is 1.53. The normalized spacial score (nSPS) is 21.5. The summed E-state index contributed by atoms with van der Waals surface area (Å²) in [5.74, 6) is 0.131. The summed E-state index contributed by atoms with van der Waals surface area (Å²) in [6, 6.07) is 22.6. The molecular formula is C27H29N3O. The largest absolute Gasteiger partial charge is 0.332 e. The van der Waals surface area contributed by atoms with E-state index in [0.29, 0.717) is 6.54 Å². The molecule has 0 saturated carbocycles. The van der Waals surface area contributed by atoms with Crippen molar-refractivity contribution in [2.45, 2.75) is 44.3 Å². The molecule has 1 amide bonds. The molecule has 2 aromatic carbocycles. The van der Waals surface area contributed by atoms with Gasteiger partial charge in [-0.1, -0.05) is 48.9 Å². The van der Waals surface area contributed by atoms with Gasteiger partial charge in [0.15, 0.2) is 0 Å². The third kappa shape index (κ3) is 4.13. The minimum Gasteiger partial charge on any atom is -0.332 e. The molecule has 4 nitrogen and oxygen atoms in total. The van der Waals surface area contributed by atoms with Gasteiger partial charge < -0.3 is 4.90 Å². The number of carbonyl (C=O) groups excluding carboxylic acids is 1. The quantitative estimate of drug-likeness (QED) is 0.627. The van der Waals surface area contributed by atoms with Crippen LogP contribution in [-0.4, -0.2) is 39.3 Å². The standard InChI is InChI=1S/C27H29N3O/c31-26(23-8-2-1-3-9-23)29-20-25-11-5-4-10-24(25)18-27(21-29)14-6-7-17-30(27)19-22-12-15-28-16-13-22/h1-5,8-13,15-16H,6-7,14,17-21H2. The van der Waals surface area contributed by atoms with Gasteiger partial charge in [0.2, 0.25) is 0 Å². The van der Waals surface area contributed by atoms with Gasteiger partial charge in [0.1, 0.15) is 0 Å². The van der Waals surface area contributed by atoms with Crippen LogP contribution in [0.2, 0.25) is 0 Å². The third-order valence-electron chi connectivity index (χ3n) is 6.91. The van der Waals surface area contributed by atoms with E-state index in [1.165, 1.54) is 29.5 Å². The van der Waals surface area contributed by atoms with Crippen LogP contribution in [0, 0.1) is 0 Å². The fraction of sp³-hybridized carbons (Fsp3) is 0.333. The van der Waals surface area contributed by atoms with Crippen LogP contribution in [0.15, 0.2) is 79.1 Å². The summed E-state index contributed by atoms with van der Waals surface area (Å²) in [5.41, 5.74) is 4.67. The second kappa shape index (κ2) is 8.64. The van der Waals surface area contributed by atoms with Crippen LogP contribution in [0.25, 0.3) is 0 Å². The molecule has 1 fully saturated rings. The molecule has 0 bridgehead atoms. The van der Waals surface area contributed by atoms with E-state index in [0.717, 1.165) is 38.0 Å². The zero-order valence-electron chi connectivity index (χ0n) is 17.9. The van der Waals surface area contributed by atoms with E-state index in [4.69, 9.17) is 0 Å². The molecular weight excluding hydrogens is 382 g/mol. The van der Waals surface area contributed by atoms with Gasteiger partial charge in [-0.15, -0.1) is 0 Å². The predicted molar refractivity (Wildman–Crippen MR) is 123 cm³/mol. The first-order valence-corrected chi connectivity index (χ1v) is 11.3. The second-order valence-electron chi connectivity index (χ2n) is 8.93. The highest BCUT2D eigenvalue weighted by molar-refractivity contribution is 5.94. The van der Waals surface area contributed by atoms with Crippen LogP contribution in [0.5, 0.6) is 0 Å². The summed E-state index contributed by atoms with van der Waals surface area (Å²) >= 11 is 0. The van der Waals surface area contributed by atoms with E-state index < -0.39 is 0 Å². The Morgan fingerprint density at radius 3 is 2.45 bits per heavy atom. The molecule has 1 aromatic heterocycles. The molecule has 3 aromatic rings. The number of hydrogen-bond acceptors (Lipinski definition) is 3. The Morgan fingerprint density at radius 1 is 0.903 bits per heavy atom. The molecule has 2 aliphatic rings. The van der Waals surface area contributed by atoms with Crippen LogP contribution in [0.4, 0.5) is 0 Å². The van der Waals surface area contributed by atoms with Gasteiger partial charge >= 0.3 is 0 Å². The molecule has 0 aliphatic carbocycles. The van der Waals surface area contributed by atoms with Crippen LogP contribution in [0.3, 0.4) is 0 Å². The number of pyridine rings is 1. The minimum absolute atomic E-state index is 0.0431. The second-order valence-corrected chi connectivity index (χ2v) is 8.93. The lowest BCUT2D eigenvalue weighted by Gasteiger charge is -2.49. The van der Waals surface area contributed by atoms with Crippen molar-refractivity contribution in [1.82, 2.24) is 14.8 Å². The van der Waals surface area contributed by atoms with E-state index in [1.807, 2.05) is 42.7 Å². The van der Waals surface area contributed by atoms with E-state index in [2.05, 4.69) is 51.2 Å². The van der Waals surface area contributed by atoms with E-state index in [-0.39, 0.29) is 11.4 Å². The monoisotopic (exact) mass is 411 g/mol. The molecule has 31 heavy (non-hydrogen) atoms. The van der Waals surface area contributed by atoms with E-state index in [1.54, 1.807) is 0 Å². The Morgan fingerprint density at radius 2 is 1.65 bits per heavy atom. The van der Waals surface area contributed by atoms with Gasteiger partial charge in [-0.25, -0.2) is 0 Å². The average Bonchev–Trinajstić information content (AvgIpc) is 2.98. The number of hydrogen-bond donors (Lipinski definition) is 0. The average molecular weight is 412 g/mol. The smallest absolute Gasteiger partial charge is 0.254 e. The summed E-state index contributed by atoms with van der Waals surface area (Å²) in [4.78, 5) is 22.5. The van der Waals surface area contributed by atoms with Gasteiger partial charge in [-0.2, -0.15) is 0 Å². The first-order valence-electron chi connectivity index (χ1n) is 11.3. The Kier molecular flexibility index (Phi) is 5.56. The number of piperidine rings is 1. The zero-order valence-corrected chi connectivity index (χ0v) is 17.9. The molecule has 1 saturated heterocycles. The molecule has 5 rings (SSSR count). The van der Waals surface area contributed by atoms with Gasteiger partial charge in [-0.05, 0) is 66.8 Å². The van der Waals surface area contributed by atoms with Crippen molar-refractivity contribution >= 4 is 5.91 Å². The Bertz CT molecular complexity index is 1040. The highest BCUT2D eigenvalue weighted by atomic mass is 16.2. The topological polar surface area (TPSA) is 36.4 Å². The fourth-order valence-electron chi connectivity index (χ4n) is 5.30.